The molecule has 2 aliphatic carbocycles. The van der Waals surface area contributed by atoms with Gasteiger partial charge in [0.05, 0.1) is 28.1 Å². The van der Waals surface area contributed by atoms with Crippen LogP contribution in [0.3, 0.4) is 0 Å². The standard InChI is InChI=1S/C34H24ClF4N3O4S2/c35-17-6-4-15(5-7-17)24-25-21-13-22(27-26(21)30(44)42(31(27)45)20-10-8-18(36)9-11-20)28(25)47-32-29(24)48-33(46)41(32)14-23(43)40-19-3-1-2-16(12-19)34(37,38)39/h1-12,21-22,24-28H,13-14H2,(H,40,43). The quantitative estimate of drug-likeness (QED) is 0.177. The zero-order valence-corrected chi connectivity index (χ0v) is 27.0. The van der Waals surface area contributed by atoms with E-state index < -0.39 is 46.7 Å². The maximum atomic E-state index is 13.9. The molecule has 0 spiro atoms. The van der Waals surface area contributed by atoms with Gasteiger partial charge in [0, 0.05) is 26.8 Å². The Balaban J connectivity index is 1.15. The van der Waals surface area contributed by atoms with Crippen LogP contribution in [0.2, 0.25) is 5.02 Å². The van der Waals surface area contributed by atoms with Crippen LogP contribution in [0.5, 0.6) is 0 Å². The first-order valence-corrected chi connectivity index (χ1v) is 17.2. The highest BCUT2D eigenvalue weighted by molar-refractivity contribution is 8.00. The number of alkyl halides is 3. The number of thiazole rings is 1. The van der Waals surface area contributed by atoms with E-state index in [0.717, 1.165) is 33.9 Å². The van der Waals surface area contributed by atoms with Crippen molar-refractivity contribution in [3.8, 4) is 0 Å². The summed E-state index contributed by atoms with van der Waals surface area (Å²) in [6.07, 6.45) is -3.94. The second kappa shape index (κ2) is 11.3. The Labute approximate surface area is 283 Å². The second-order valence-electron chi connectivity index (χ2n) is 12.5. The number of benzene rings is 3. The number of aromatic nitrogens is 1. The van der Waals surface area contributed by atoms with Gasteiger partial charge >= 0.3 is 11.0 Å². The maximum absolute atomic E-state index is 13.9. The molecule has 48 heavy (non-hydrogen) atoms. The third-order valence-corrected chi connectivity index (χ3v) is 13.1. The Morgan fingerprint density at radius 3 is 2.31 bits per heavy atom. The third kappa shape index (κ3) is 4.92. The molecule has 7 unspecified atom stereocenters. The van der Waals surface area contributed by atoms with Crippen LogP contribution in [0.25, 0.3) is 0 Å². The summed E-state index contributed by atoms with van der Waals surface area (Å²) in [5.74, 6) is -3.68. The normalized spacial score (nSPS) is 27.2. The largest absolute Gasteiger partial charge is 0.416 e. The van der Waals surface area contributed by atoms with E-state index in [4.69, 9.17) is 11.6 Å². The van der Waals surface area contributed by atoms with E-state index in [0.29, 0.717) is 22.2 Å². The maximum Gasteiger partial charge on any atom is 0.416 e. The number of thioether (sulfide) groups is 1. The van der Waals surface area contributed by atoms with Crippen molar-refractivity contribution < 1.29 is 31.9 Å². The fourth-order valence-electron chi connectivity index (χ4n) is 8.26. The van der Waals surface area contributed by atoms with Crippen molar-refractivity contribution >= 4 is 63.8 Å². The molecular formula is C34H24ClF4N3O4S2. The zero-order chi connectivity index (χ0) is 33.6. The van der Waals surface area contributed by atoms with Gasteiger partial charge in [0.25, 0.3) is 0 Å². The Morgan fingerprint density at radius 2 is 1.62 bits per heavy atom. The predicted octanol–water partition coefficient (Wildman–Crippen LogP) is 7.04. The average molecular weight is 714 g/mol. The lowest BCUT2D eigenvalue weighted by molar-refractivity contribution is -0.137. The van der Waals surface area contributed by atoms with Gasteiger partial charge in [-0.2, -0.15) is 13.2 Å². The summed E-state index contributed by atoms with van der Waals surface area (Å²) in [6.45, 7) is -0.422. The molecule has 2 bridgehead atoms. The van der Waals surface area contributed by atoms with Gasteiger partial charge in [-0.3, -0.25) is 28.6 Å². The Kier molecular flexibility index (Phi) is 7.38. The highest BCUT2D eigenvalue weighted by Gasteiger charge is 2.69. The molecule has 3 amide bonds. The van der Waals surface area contributed by atoms with Crippen LogP contribution >= 0.6 is 34.7 Å². The first-order chi connectivity index (χ1) is 22.9. The summed E-state index contributed by atoms with van der Waals surface area (Å²) >= 11 is 8.67. The van der Waals surface area contributed by atoms with Crippen LogP contribution in [0.4, 0.5) is 28.9 Å². The molecule has 3 fully saturated rings. The highest BCUT2D eigenvalue weighted by Crippen LogP contribution is 2.69. The van der Waals surface area contributed by atoms with E-state index in [9.17, 15) is 36.7 Å². The molecular weight excluding hydrogens is 690 g/mol. The van der Waals surface area contributed by atoms with Crippen LogP contribution in [0.15, 0.2) is 82.6 Å². The van der Waals surface area contributed by atoms with Gasteiger partial charge in [0.15, 0.2) is 0 Å². The van der Waals surface area contributed by atoms with E-state index in [1.807, 2.05) is 12.1 Å². The van der Waals surface area contributed by atoms with E-state index in [2.05, 4.69) is 5.32 Å². The summed E-state index contributed by atoms with van der Waals surface area (Å²) in [6, 6.07) is 16.8. The van der Waals surface area contributed by atoms with Crippen LogP contribution in [0.1, 0.15) is 28.3 Å². The summed E-state index contributed by atoms with van der Waals surface area (Å²) in [5.41, 5.74) is 0.247. The molecule has 1 saturated heterocycles. The number of nitrogens with one attached hydrogen (secondary N) is 1. The first-order valence-electron chi connectivity index (χ1n) is 15.2. The minimum Gasteiger partial charge on any atom is -0.325 e. The zero-order valence-electron chi connectivity index (χ0n) is 24.6. The summed E-state index contributed by atoms with van der Waals surface area (Å²) in [7, 11) is 0. The number of rotatable bonds is 5. The Hall–Kier alpha value is -3.94. The van der Waals surface area contributed by atoms with Gasteiger partial charge in [-0.05, 0) is 84.3 Å². The SMILES string of the molecule is O=C(Cn1c2c(sc1=O)C(c1ccc(Cl)cc1)C1C3CC(C1S2)C1C(=O)N(c2ccc(F)cc2)C(=O)C31)Nc1cccc(C(F)(F)F)c1. The third-order valence-electron chi connectivity index (χ3n) is 10.0. The van der Waals surface area contributed by atoms with Gasteiger partial charge in [-0.25, -0.2) is 4.39 Å². The molecule has 3 heterocycles. The van der Waals surface area contributed by atoms with E-state index in [1.54, 1.807) is 12.1 Å². The smallest absolute Gasteiger partial charge is 0.325 e. The van der Waals surface area contributed by atoms with Crippen molar-refractivity contribution in [3.63, 3.8) is 0 Å². The predicted molar refractivity (Wildman–Crippen MR) is 173 cm³/mol. The average Bonchev–Trinajstić information content (AvgIpc) is 3.76. The van der Waals surface area contributed by atoms with Crippen molar-refractivity contribution in [3.05, 3.63) is 109 Å². The molecule has 4 aliphatic rings. The molecule has 4 aromatic rings. The highest BCUT2D eigenvalue weighted by atomic mass is 35.5. The molecule has 0 radical (unpaired) electrons. The number of fused-ring (bicyclic) bond motifs is 9. The minimum atomic E-state index is -4.59. The van der Waals surface area contributed by atoms with Crippen molar-refractivity contribution in [2.24, 2.45) is 29.6 Å². The lowest BCUT2D eigenvalue weighted by atomic mass is 9.68. The molecule has 3 aromatic carbocycles. The number of nitrogens with zero attached hydrogens (tertiary/aromatic N) is 2. The minimum absolute atomic E-state index is 0.0482. The number of amides is 3. The first kappa shape index (κ1) is 31.3. The van der Waals surface area contributed by atoms with Crippen molar-refractivity contribution in [2.45, 2.75) is 35.3 Å². The molecule has 2 aliphatic heterocycles. The molecule has 1 aromatic heterocycles. The molecule has 8 rings (SSSR count). The van der Waals surface area contributed by atoms with Crippen LogP contribution in [0, 0.1) is 35.4 Å². The number of anilines is 2. The fraction of sp³-hybridized carbons (Fsp3) is 0.294. The van der Waals surface area contributed by atoms with Gasteiger partial charge < -0.3 is 5.32 Å². The van der Waals surface area contributed by atoms with Crippen molar-refractivity contribution in [1.82, 2.24) is 4.57 Å². The van der Waals surface area contributed by atoms with E-state index in [1.165, 1.54) is 57.6 Å². The number of halogens is 5. The van der Waals surface area contributed by atoms with Crippen LogP contribution < -0.4 is 15.1 Å². The summed E-state index contributed by atoms with van der Waals surface area (Å²) in [5, 5.41) is 3.42. The van der Waals surface area contributed by atoms with E-state index in [-0.39, 0.29) is 46.4 Å². The monoisotopic (exact) mass is 713 g/mol. The van der Waals surface area contributed by atoms with Gasteiger partial charge in [0.1, 0.15) is 12.4 Å². The Bertz CT molecular complexity index is 2050. The van der Waals surface area contributed by atoms with E-state index >= 15 is 0 Å². The molecule has 2 saturated carbocycles. The number of hydrogen-bond donors (Lipinski definition) is 1. The summed E-state index contributed by atoms with van der Waals surface area (Å²) < 4.78 is 54.8. The molecule has 7 atom stereocenters. The van der Waals surface area contributed by atoms with Crippen LogP contribution in [-0.4, -0.2) is 27.5 Å². The lowest BCUT2D eigenvalue weighted by Crippen LogP contribution is -2.43. The molecule has 14 heteroatoms. The van der Waals surface area contributed by atoms with Gasteiger partial charge in [0.2, 0.25) is 17.7 Å². The van der Waals surface area contributed by atoms with Crippen molar-refractivity contribution in [1.29, 1.82) is 0 Å². The van der Waals surface area contributed by atoms with Gasteiger partial charge in [-0.1, -0.05) is 41.1 Å². The fourth-order valence-corrected chi connectivity index (χ4v) is 11.5. The summed E-state index contributed by atoms with van der Waals surface area (Å²) in [4.78, 5) is 56.0. The molecule has 246 valence electrons. The number of carbonyl (C=O) groups excluding carboxylic acids is 3. The number of imide groups is 1. The topological polar surface area (TPSA) is 88.5 Å². The number of hydrogen-bond acceptors (Lipinski definition) is 6. The lowest BCUT2D eigenvalue weighted by Gasteiger charge is -2.43. The van der Waals surface area contributed by atoms with Gasteiger partial charge in [-0.15, -0.1) is 11.8 Å². The van der Waals surface area contributed by atoms with Crippen molar-refractivity contribution in [2.75, 3.05) is 10.2 Å². The molecule has 1 N–H and O–H groups in total. The Morgan fingerprint density at radius 1 is 0.938 bits per heavy atom. The number of carbonyl (C=O) groups is 3. The second-order valence-corrected chi connectivity index (χ2v) is 15.1. The van der Waals surface area contributed by atoms with Crippen LogP contribution in [-0.2, 0) is 27.1 Å². The molecule has 7 nitrogen and oxygen atoms in total.